The number of likely N-dealkylation sites (N-methyl/N-ethyl adjacent to an activating group) is 1. The highest BCUT2D eigenvalue weighted by molar-refractivity contribution is 9.10. The van der Waals surface area contributed by atoms with E-state index in [1.807, 2.05) is 19.9 Å². The minimum atomic E-state index is -0.531. The second kappa shape index (κ2) is 6.70. The number of aryl methyl sites for hydroxylation is 1. The van der Waals surface area contributed by atoms with Crippen LogP contribution in [-0.4, -0.2) is 36.3 Å². The summed E-state index contributed by atoms with van der Waals surface area (Å²) in [7, 11) is 1.72. The molecule has 1 aromatic carbocycles. The highest BCUT2D eigenvalue weighted by Crippen LogP contribution is 2.15. The maximum absolute atomic E-state index is 12.1. The molecule has 1 rings (SSSR count). The fourth-order valence-electron chi connectivity index (χ4n) is 1.70. The van der Waals surface area contributed by atoms with Crippen LogP contribution in [0.1, 0.15) is 29.8 Å². The van der Waals surface area contributed by atoms with E-state index < -0.39 is 6.04 Å². The molecule has 19 heavy (non-hydrogen) atoms. The summed E-state index contributed by atoms with van der Waals surface area (Å²) in [5.74, 6) is -0.336. The van der Waals surface area contributed by atoms with Crippen LogP contribution in [0, 0.1) is 6.92 Å². The van der Waals surface area contributed by atoms with E-state index in [1.54, 1.807) is 31.0 Å². The lowest BCUT2D eigenvalue weighted by molar-refractivity contribution is -0.131. The van der Waals surface area contributed by atoms with E-state index in [2.05, 4.69) is 21.2 Å². The molecule has 1 aromatic rings. The van der Waals surface area contributed by atoms with Crippen LogP contribution in [0.3, 0.4) is 0 Å². The van der Waals surface area contributed by atoms with Crippen LogP contribution in [0.5, 0.6) is 0 Å². The number of halogens is 1. The summed E-state index contributed by atoms with van der Waals surface area (Å²) in [6.45, 7) is 6.12. The highest BCUT2D eigenvalue weighted by atomic mass is 79.9. The Bertz CT molecular complexity index is 468. The number of nitrogens with one attached hydrogen (secondary N) is 1. The molecule has 1 N–H and O–H groups in total. The maximum Gasteiger partial charge on any atom is 0.251 e. The first-order valence-corrected chi connectivity index (χ1v) is 6.97. The number of carbonyl (C=O) groups is 2. The molecule has 1 unspecified atom stereocenters. The van der Waals surface area contributed by atoms with Gasteiger partial charge in [-0.1, -0.05) is 15.9 Å². The second-order valence-electron chi connectivity index (χ2n) is 4.56. The molecule has 0 bridgehead atoms. The van der Waals surface area contributed by atoms with Crippen LogP contribution in [0.15, 0.2) is 22.7 Å². The van der Waals surface area contributed by atoms with Crippen LogP contribution in [-0.2, 0) is 4.79 Å². The van der Waals surface area contributed by atoms with E-state index in [1.165, 1.54) is 0 Å². The van der Waals surface area contributed by atoms with Gasteiger partial charge in [-0.15, -0.1) is 0 Å². The van der Waals surface area contributed by atoms with Crippen molar-refractivity contribution < 1.29 is 9.59 Å². The van der Waals surface area contributed by atoms with Gasteiger partial charge in [0, 0.05) is 23.6 Å². The Balaban J connectivity index is 2.77. The van der Waals surface area contributed by atoms with Crippen molar-refractivity contribution in [1.29, 1.82) is 0 Å². The van der Waals surface area contributed by atoms with E-state index >= 15 is 0 Å². The highest BCUT2D eigenvalue weighted by Gasteiger charge is 2.19. The third-order valence-corrected chi connectivity index (χ3v) is 3.33. The first kappa shape index (κ1) is 15.7. The van der Waals surface area contributed by atoms with Crippen LogP contribution < -0.4 is 5.32 Å². The van der Waals surface area contributed by atoms with Gasteiger partial charge in [-0.3, -0.25) is 9.59 Å². The maximum atomic E-state index is 12.1. The Labute approximate surface area is 122 Å². The molecule has 0 spiro atoms. The monoisotopic (exact) mass is 326 g/mol. The van der Waals surface area contributed by atoms with E-state index in [4.69, 9.17) is 0 Å². The molecular weight excluding hydrogens is 308 g/mol. The Hall–Kier alpha value is -1.36. The summed E-state index contributed by atoms with van der Waals surface area (Å²) >= 11 is 3.36. The molecule has 1 atom stereocenters. The smallest absolute Gasteiger partial charge is 0.251 e. The first-order valence-electron chi connectivity index (χ1n) is 6.18. The molecule has 0 aliphatic heterocycles. The average Bonchev–Trinajstić information content (AvgIpc) is 2.35. The van der Waals surface area contributed by atoms with Gasteiger partial charge in [-0.05, 0) is 44.5 Å². The number of rotatable bonds is 4. The molecule has 4 nitrogen and oxygen atoms in total. The van der Waals surface area contributed by atoms with Crippen molar-refractivity contribution in [1.82, 2.24) is 10.2 Å². The van der Waals surface area contributed by atoms with Gasteiger partial charge in [0.15, 0.2) is 0 Å². The Kier molecular flexibility index (Phi) is 5.54. The number of hydrogen-bond acceptors (Lipinski definition) is 2. The lowest BCUT2D eigenvalue weighted by Gasteiger charge is -2.20. The molecule has 0 saturated carbocycles. The molecule has 0 aromatic heterocycles. The molecule has 0 aliphatic carbocycles. The average molecular weight is 327 g/mol. The molecule has 0 heterocycles. The van der Waals surface area contributed by atoms with Crippen LogP contribution in [0.25, 0.3) is 0 Å². The summed E-state index contributed by atoms with van der Waals surface area (Å²) in [5.41, 5.74) is 1.54. The van der Waals surface area contributed by atoms with Gasteiger partial charge in [0.2, 0.25) is 5.91 Å². The fraction of sp³-hybridized carbons (Fsp3) is 0.429. The minimum Gasteiger partial charge on any atom is -0.344 e. The lowest BCUT2D eigenvalue weighted by Crippen LogP contribution is -2.45. The standard InChI is InChI=1S/C14H19BrN2O2/c1-5-17(4)14(19)10(3)16-13(18)11-6-9(2)7-12(15)8-11/h6-8,10H,5H2,1-4H3,(H,16,18). The van der Waals surface area contributed by atoms with E-state index in [9.17, 15) is 9.59 Å². The van der Waals surface area contributed by atoms with E-state index in [0.29, 0.717) is 12.1 Å². The Morgan fingerprint density at radius 1 is 1.37 bits per heavy atom. The number of nitrogens with zero attached hydrogens (tertiary/aromatic N) is 1. The SMILES string of the molecule is CCN(C)C(=O)C(C)NC(=O)c1cc(C)cc(Br)c1. The number of amides is 2. The molecule has 0 fully saturated rings. The fourth-order valence-corrected chi connectivity index (χ4v) is 2.30. The zero-order valence-corrected chi connectivity index (χ0v) is 13.2. The van der Waals surface area contributed by atoms with Crippen molar-refractivity contribution in [2.45, 2.75) is 26.8 Å². The molecule has 0 aliphatic rings. The predicted molar refractivity (Wildman–Crippen MR) is 79.1 cm³/mol. The number of hydrogen-bond donors (Lipinski definition) is 1. The number of benzene rings is 1. The van der Waals surface area contributed by atoms with Gasteiger partial charge in [-0.25, -0.2) is 0 Å². The summed E-state index contributed by atoms with van der Waals surface area (Å²) in [6, 6.07) is 4.93. The summed E-state index contributed by atoms with van der Waals surface area (Å²) in [4.78, 5) is 25.5. The van der Waals surface area contributed by atoms with Gasteiger partial charge in [0.05, 0.1) is 0 Å². The van der Waals surface area contributed by atoms with Crippen LogP contribution in [0.2, 0.25) is 0 Å². The van der Waals surface area contributed by atoms with E-state index in [0.717, 1.165) is 10.0 Å². The summed E-state index contributed by atoms with van der Waals surface area (Å²) in [6.07, 6.45) is 0. The Morgan fingerprint density at radius 2 is 2.00 bits per heavy atom. The predicted octanol–water partition coefficient (Wildman–Crippen LogP) is 2.35. The van der Waals surface area contributed by atoms with Gasteiger partial charge in [0.25, 0.3) is 5.91 Å². The third-order valence-electron chi connectivity index (χ3n) is 2.87. The van der Waals surface area contributed by atoms with Crippen LogP contribution in [0.4, 0.5) is 0 Å². The first-order chi connectivity index (χ1) is 8.85. The molecular formula is C14H19BrN2O2. The summed E-state index contributed by atoms with van der Waals surface area (Å²) < 4.78 is 0.849. The van der Waals surface area contributed by atoms with Gasteiger partial charge < -0.3 is 10.2 Å². The largest absolute Gasteiger partial charge is 0.344 e. The number of carbonyl (C=O) groups excluding carboxylic acids is 2. The lowest BCUT2D eigenvalue weighted by atomic mass is 10.1. The van der Waals surface area contributed by atoms with E-state index in [-0.39, 0.29) is 11.8 Å². The minimum absolute atomic E-state index is 0.0948. The van der Waals surface area contributed by atoms with Crippen molar-refractivity contribution in [3.8, 4) is 0 Å². The Morgan fingerprint density at radius 3 is 2.53 bits per heavy atom. The van der Waals surface area contributed by atoms with Crippen LogP contribution >= 0.6 is 15.9 Å². The second-order valence-corrected chi connectivity index (χ2v) is 5.48. The molecule has 0 radical (unpaired) electrons. The topological polar surface area (TPSA) is 49.4 Å². The molecule has 104 valence electrons. The van der Waals surface area contributed by atoms with Gasteiger partial charge in [0.1, 0.15) is 6.04 Å². The van der Waals surface area contributed by atoms with Crippen molar-refractivity contribution in [3.63, 3.8) is 0 Å². The molecule has 2 amide bonds. The van der Waals surface area contributed by atoms with Crippen molar-refractivity contribution in [3.05, 3.63) is 33.8 Å². The quantitative estimate of drug-likeness (QED) is 0.923. The van der Waals surface area contributed by atoms with Crippen molar-refractivity contribution in [2.75, 3.05) is 13.6 Å². The van der Waals surface area contributed by atoms with Gasteiger partial charge >= 0.3 is 0 Å². The summed E-state index contributed by atoms with van der Waals surface area (Å²) in [5, 5.41) is 2.71. The zero-order valence-electron chi connectivity index (χ0n) is 11.7. The van der Waals surface area contributed by atoms with Crippen molar-refractivity contribution in [2.24, 2.45) is 0 Å². The zero-order chi connectivity index (χ0) is 14.6. The molecule has 0 saturated heterocycles. The normalized spacial score (nSPS) is 11.8. The van der Waals surface area contributed by atoms with Crippen molar-refractivity contribution >= 4 is 27.7 Å². The van der Waals surface area contributed by atoms with Gasteiger partial charge in [-0.2, -0.15) is 0 Å². The molecule has 5 heteroatoms. The third kappa shape index (κ3) is 4.35.